The zero-order chi connectivity index (χ0) is 13.8. The first-order chi connectivity index (χ1) is 9.83. The van der Waals surface area contributed by atoms with Crippen molar-refractivity contribution in [1.29, 1.82) is 0 Å². The second kappa shape index (κ2) is 6.19. The molecule has 1 fully saturated rings. The third kappa shape index (κ3) is 3.45. The van der Waals surface area contributed by atoms with Crippen LogP contribution in [0.25, 0.3) is 0 Å². The number of halogens is 1. The summed E-state index contributed by atoms with van der Waals surface area (Å²) >= 11 is 0. The topological polar surface area (TPSA) is 12.0 Å². The Kier molecular flexibility index (Phi) is 4.12. The predicted molar refractivity (Wildman–Crippen MR) is 80.0 cm³/mol. The Hall–Kier alpha value is -1.67. The molecule has 1 saturated carbocycles. The minimum atomic E-state index is -0.160. The molecule has 1 aliphatic rings. The molecule has 0 aliphatic heterocycles. The smallest absolute Gasteiger partial charge is 0.123 e. The average Bonchev–Trinajstić information content (AvgIpc) is 3.31. The summed E-state index contributed by atoms with van der Waals surface area (Å²) in [4.78, 5) is 0. The maximum Gasteiger partial charge on any atom is 0.123 e. The van der Waals surface area contributed by atoms with Crippen molar-refractivity contribution in [3.05, 3.63) is 71.5 Å². The molecule has 3 rings (SSSR count). The van der Waals surface area contributed by atoms with E-state index in [1.54, 1.807) is 12.1 Å². The molecule has 1 N–H and O–H groups in total. The lowest BCUT2D eigenvalue weighted by Crippen LogP contribution is -2.25. The Balaban J connectivity index is 1.59. The molecule has 0 radical (unpaired) electrons. The van der Waals surface area contributed by atoms with E-state index in [-0.39, 0.29) is 5.82 Å². The lowest BCUT2D eigenvalue weighted by molar-refractivity contribution is 0.483. The van der Waals surface area contributed by atoms with Crippen LogP contribution in [0.3, 0.4) is 0 Å². The van der Waals surface area contributed by atoms with E-state index >= 15 is 0 Å². The van der Waals surface area contributed by atoms with Gasteiger partial charge in [0.2, 0.25) is 0 Å². The van der Waals surface area contributed by atoms with Gasteiger partial charge in [0.05, 0.1) is 0 Å². The first-order valence-corrected chi connectivity index (χ1v) is 7.36. The van der Waals surface area contributed by atoms with E-state index in [4.69, 9.17) is 0 Å². The van der Waals surface area contributed by atoms with Crippen LogP contribution >= 0.6 is 0 Å². The molecule has 2 heteroatoms. The molecule has 20 heavy (non-hydrogen) atoms. The van der Waals surface area contributed by atoms with Crippen LogP contribution in [0.1, 0.15) is 30.0 Å². The molecule has 2 aromatic rings. The highest BCUT2D eigenvalue weighted by atomic mass is 19.1. The molecular weight excluding hydrogens is 249 g/mol. The van der Waals surface area contributed by atoms with E-state index in [1.807, 2.05) is 18.2 Å². The minimum absolute atomic E-state index is 0.160. The van der Waals surface area contributed by atoms with Gasteiger partial charge in [-0.1, -0.05) is 42.5 Å². The van der Waals surface area contributed by atoms with Gasteiger partial charge in [-0.3, -0.25) is 0 Å². The highest BCUT2D eigenvalue weighted by Gasteiger charge is 2.31. The van der Waals surface area contributed by atoms with Crippen LogP contribution < -0.4 is 5.32 Å². The lowest BCUT2D eigenvalue weighted by Gasteiger charge is -2.19. The fourth-order valence-electron chi connectivity index (χ4n) is 2.67. The normalized spacial score (nSPS) is 16.1. The molecule has 1 aliphatic carbocycles. The average molecular weight is 269 g/mol. The van der Waals surface area contributed by atoms with E-state index < -0.39 is 0 Å². The standard InChI is InChI=1S/C18H20FN/c19-17-10-8-16(9-11-17)18(15-6-7-15)20-13-12-14-4-2-1-3-5-14/h1-5,8-11,15,18,20H,6-7,12-13H2. The van der Waals surface area contributed by atoms with Crippen LogP contribution in [-0.4, -0.2) is 6.54 Å². The van der Waals surface area contributed by atoms with Crippen LogP contribution in [0.2, 0.25) is 0 Å². The summed E-state index contributed by atoms with van der Waals surface area (Å²) in [6.07, 6.45) is 3.59. The molecule has 0 aromatic heterocycles. The van der Waals surface area contributed by atoms with E-state index in [0.717, 1.165) is 18.9 Å². The molecule has 0 saturated heterocycles. The third-order valence-corrected chi connectivity index (χ3v) is 3.94. The summed E-state index contributed by atoms with van der Waals surface area (Å²) in [7, 11) is 0. The van der Waals surface area contributed by atoms with Gasteiger partial charge < -0.3 is 5.32 Å². The van der Waals surface area contributed by atoms with Crippen molar-refractivity contribution in [1.82, 2.24) is 5.32 Å². The minimum Gasteiger partial charge on any atom is -0.309 e. The van der Waals surface area contributed by atoms with Gasteiger partial charge in [0, 0.05) is 6.04 Å². The zero-order valence-corrected chi connectivity index (χ0v) is 11.6. The fraction of sp³-hybridized carbons (Fsp3) is 0.333. The Labute approximate surface area is 119 Å². The first-order valence-electron chi connectivity index (χ1n) is 7.36. The summed E-state index contributed by atoms with van der Waals surface area (Å²) in [5, 5.41) is 3.64. The van der Waals surface area contributed by atoms with Gasteiger partial charge in [0.1, 0.15) is 5.82 Å². The Morgan fingerprint density at radius 1 is 1.00 bits per heavy atom. The van der Waals surface area contributed by atoms with Gasteiger partial charge in [0.15, 0.2) is 0 Å². The first kappa shape index (κ1) is 13.3. The van der Waals surface area contributed by atoms with Gasteiger partial charge in [-0.25, -0.2) is 4.39 Å². The fourth-order valence-corrected chi connectivity index (χ4v) is 2.67. The van der Waals surface area contributed by atoms with Crippen molar-refractivity contribution >= 4 is 0 Å². The molecule has 0 spiro atoms. The molecule has 0 amide bonds. The number of benzene rings is 2. The summed E-state index contributed by atoms with van der Waals surface area (Å²) in [5.74, 6) is 0.559. The van der Waals surface area contributed by atoms with Crippen molar-refractivity contribution < 1.29 is 4.39 Å². The summed E-state index contributed by atoms with van der Waals surface area (Å²) in [6.45, 7) is 0.961. The number of hydrogen-bond donors (Lipinski definition) is 1. The number of hydrogen-bond acceptors (Lipinski definition) is 1. The second-order valence-electron chi connectivity index (χ2n) is 5.56. The van der Waals surface area contributed by atoms with Crippen molar-refractivity contribution in [2.75, 3.05) is 6.54 Å². The van der Waals surface area contributed by atoms with Crippen molar-refractivity contribution in [3.8, 4) is 0 Å². The highest BCUT2D eigenvalue weighted by Crippen LogP contribution is 2.40. The number of rotatable bonds is 6. The monoisotopic (exact) mass is 269 g/mol. The maximum atomic E-state index is 13.0. The predicted octanol–water partition coefficient (Wildman–Crippen LogP) is 4.11. The molecule has 1 nitrogen and oxygen atoms in total. The zero-order valence-electron chi connectivity index (χ0n) is 11.6. The summed E-state index contributed by atoms with van der Waals surface area (Å²) in [6, 6.07) is 17.8. The molecule has 2 aromatic carbocycles. The Bertz CT molecular complexity index is 531. The van der Waals surface area contributed by atoms with Gasteiger partial charge >= 0.3 is 0 Å². The van der Waals surface area contributed by atoms with Crippen LogP contribution in [0.4, 0.5) is 4.39 Å². The summed E-state index contributed by atoms with van der Waals surface area (Å²) < 4.78 is 13.0. The van der Waals surface area contributed by atoms with Crippen molar-refractivity contribution in [2.45, 2.75) is 25.3 Å². The Morgan fingerprint density at radius 3 is 2.35 bits per heavy atom. The van der Waals surface area contributed by atoms with Crippen LogP contribution in [0.15, 0.2) is 54.6 Å². The van der Waals surface area contributed by atoms with Gasteiger partial charge in [-0.2, -0.15) is 0 Å². The SMILES string of the molecule is Fc1ccc(C(NCCc2ccccc2)C2CC2)cc1. The van der Waals surface area contributed by atoms with Crippen molar-refractivity contribution in [2.24, 2.45) is 5.92 Å². The van der Waals surface area contributed by atoms with Crippen LogP contribution in [0.5, 0.6) is 0 Å². The third-order valence-electron chi connectivity index (χ3n) is 3.94. The van der Waals surface area contributed by atoms with E-state index in [9.17, 15) is 4.39 Å². The maximum absolute atomic E-state index is 13.0. The second-order valence-corrected chi connectivity index (χ2v) is 5.56. The highest BCUT2D eigenvalue weighted by molar-refractivity contribution is 5.22. The van der Waals surface area contributed by atoms with Gasteiger partial charge in [-0.15, -0.1) is 0 Å². The molecule has 1 unspecified atom stereocenters. The van der Waals surface area contributed by atoms with E-state index in [2.05, 4.69) is 29.6 Å². The van der Waals surface area contributed by atoms with E-state index in [0.29, 0.717) is 6.04 Å². The van der Waals surface area contributed by atoms with E-state index in [1.165, 1.54) is 24.0 Å². The van der Waals surface area contributed by atoms with Crippen LogP contribution in [0, 0.1) is 11.7 Å². The molecule has 1 atom stereocenters. The van der Waals surface area contributed by atoms with Gasteiger partial charge in [-0.05, 0) is 55.0 Å². The summed E-state index contributed by atoms with van der Waals surface area (Å²) in [5.41, 5.74) is 2.57. The molecular formula is C18H20FN. The number of nitrogens with one attached hydrogen (secondary N) is 1. The molecule has 104 valence electrons. The largest absolute Gasteiger partial charge is 0.309 e. The quantitative estimate of drug-likeness (QED) is 0.832. The lowest BCUT2D eigenvalue weighted by atomic mass is 10.0. The Morgan fingerprint density at radius 2 is 1.70 bits per heavy atom. The van der Waals surface area contributed by atoms with Crippen molar-refractivity contribution in [3.63, 3.8) is 0 Å². The molecule has 0 heterocycles. The van der Waals surface area contributed by atoms with Crippen LogP contribution in [-0.2, 0) is 6.42 Å². The molecule has 0 bridgehead atoms. The van der Waals surface area contributed by atoms with Gasteiger partial charge in [0.25, 0.3) is 0 Å².